The molecule has 0 aliphatic carbocycles. The zero-order valence-corrected chi connectivity index (χ0v) is 11.1. The molecular formula is C16H24N2. The minimum absolute atomic E-state index is 0.812. The van der Waals surface area contributed by atoms with E-state index in [1.165, 1.54) is 57.4 Å². The van der Waals surface area contributed by atoms with Crippen LogP contribution in [-0.4, -0.2) is 37.1 Å². The molecule has 3 rings (SSSR count). The lowest BCUT2D eigenvalue weighted by Crippen LogP contribution is -2.52. The molecule has 0 radical (unpaired) electrons. The highest BCUT2D eigenvalue weighted by atomic mass is 15.1. The standard InChI is InChI=1S/C16H24N2/c1-2-5-14(6-3-1)8-11-18-12-9-16-15(13-18)7-4-10-17-16/h1-3,5-6,15-17H,4,7-13H2/t15-,16+/m1/s1. The van der Waals surface area contributed by atoms with Crippen LogP contribution in [0.5, 0.6) is 0 Å². The lowest BCUT2D eigenvalue weighted by atomic mass is 9.85. The molecule has 1 aromatic rings. The molecule has 0 spiro atoms. The highest BCUT2D eigenvalue weighted by Crippen LogP contribution is 2.24. The average Bonchev–Trinajstić information content (AvgIpc) is 2.46. The number of hydrogen-bond acceptors (Lipinski definition) is 2. The molecule has 0 aromatic heterocycles. The van der Waals surface area contributed by atoms with Crippen molar-refractivity contribution in [2.75, 3.05) is 26.2 Å². The molecule has 2 aliphatic rings. The summed E-state index contributed by atoms with van der Waals surface area (Å²) in [7, 11) is 0. The lowest BCUT2D eigenvalue weighted by Gasteiger charge is -2.41. The Hall–Kier alpha value is -0.860. The van der Waals surface area contributed by atoms with E-state index in [-0.39, 0.29) is 0 Å². The van der Waals surface area contributed by atoms with Crippen molar-refractivity contribution in [3.05, 3.63) is 35.9 Å². The second-order valence-electron chi connectivity index (χ2n) is 5.79. The van der Waals surface area contributed by atoms with Crippen molar-refractivity contribution in [2.45, 2.75) is 31.7 Å². The lowest BCUT2D eigenvalue weighted by molar-refractivity contribution is 0.115. The molecule has 0 bridgehead atoms. The molecule has 1 N–H and O–H groups in total. The Bertz CT molecular complexity index is 363. The second-order valence-corrected chi connectivity index (χ2v) is 5.79. The molecule has 98 valence electrons. The molecule has 2 atom stereocenters. The number of nitrogens with one attached hydrogen (secondary N) is 1. The summed E-state index contributed by atoms with van der Waals surface area (Å²) in [6.07, 6.45) is 5.35. The predicted molar refractivity (Wildman–Crippen MR) is 75.7 cm³/mol. The van der Waals surface area contributed by atoms with Gasteiger partial charge in [0.05, 0.1) is 0 Å². The SMILES string of the molecule is c1ccc(CCN2CC[C@@H]3NCCC[C@@H]3C2)cc1. The molecule has 2 fully saturated rings. The average molecular weight is 244 g/mol. The number of fused-ring (bicyclic) bond motifs is 1. The third kappa shape index (κ3) is 2.93. The largest absolute Gasteiger partial charge is 0.314 e. The zero-order chi connectivity index (χ0) is 12.2. The van der Waals surface area contributed by atoms with Crippen molar-refractivity contribution in [1.82, 2.24) is 10.2 Å². The highest BCUT2D eigenvalue weighted by molar-refractivity contribution is 5.14. The molecule has 1 aromatic carbocycles. The summed E-state index contributed by atoms with van der Waals surface area (Å²) in [6, 6.07) is 11.7. The summed E-state index contributed by atoms with van der Waals surface area (Å²) < 4.78 is 0. The summed E-state index contributed by atoms with van der Waals surface area (Å²) in [5.74, 6) is 0.906. The fraction of sp³-hybridized carbons (Fsp3) is 0.625. The van der Waals surface area contributed by atoms with Crippen LogP contribution in [0.2, 0.25) is 0 Å². The van der Waals surface area contributed by atoms with Crippen LogP contribution >= 0.6 is 0 Å². The van der Waals surface area contributed by atoms with Crippen LogP contribution in [0.3, 0.4) is 0 Å². The number of benzene rings is 1. The van der Waals surface area contributed by atoms with Gasteiger partial charge in [0.25, 0.3) is 0 Å². The third-order valence-corrected chi connectivity index (χ3v) is 4.54. The molecule has 2 heterocycles. The summed E-state index contributed by atoms with van der Waals surface area (Å²) in [5, 5.41) is 3.69. The fourth-order valence-electron chi connectivity index (χ4n) is 3.46. The van der Waals surface area contributed by atoms with E-state index in [9.17, 15) is 0 Å². The predicted octanol–water partition coefficient (Wildman–Crippen LogP) is 2.30. The Morgan fingerprint density at radius 2 is 2.06 bits per heavy atom. The highest BCUT2D eigenvalue weighted by Gasteiger charge is 2.30. The Morgan fingerprint density at radius 1 is 1.17 bits per heavy atom. The zero-order valence-electron chi connectivity index (χ0n) is 11.1. The number of likely N-dealkylation sites (tertiary alicyclic amines) is 1. The maximum Gasteiger partial charge on any atom is 0.0120 e. The molecule has 2 saturated heterocycles. The number of rotatable bonds is 3. The number of hydrogen-bond donors (Lipinski definition) is 1. The van der Waals surface area contributed by atoms with E-state index in [2.05, 4.69) is 40.5 Å². The molecule has 2 aliphatic heterocycles. The number of piperidine rings is 2. The maximum atomic E-state index is 3.69. The first-order valence-corrected chi connectivity index (χ1v) is 7.41. The van der Waals surface area contributed by atoms with Crippen LogP contribution in [0.25, 0.3) is 0 Å². The fourth-order valence-corrected chi connectivity index (χ4v) is 3.46. The summed E-state index contributed by atoms with van der Waals surface area (Å²) in [4.78, 5) is 2.67. The van der Waals surface area contributed by atoms with Gasteiger partial charge in [-0.1, -0.05) is 30.3 Å². The van der Waals surface area contributed by atoms with Gasteiger partial charge in [0, 0.05) is 19.1 Å². The summed E-state index contributed by atoms with van der Waals surface area (Å²) >= 11 is 0. The Morgan fingerprint density at radius 3 is 2.94 bits per heavy atom. The molecule has 2 nitrogen and oxygen atoms in total. The van der Waals surface area contributed by atoms with Crippen molar-refractivity contribution >= 4 is 0 Å². The third-order valence-electron chi connectivity index (χ3n) is 4.54. The van der Waals surface area contributed by atoms with Gasteiger partial charge in [-0.15, -0.1) is 0 Å². The second kappa shape index (κ2) is 5.85. The van der Waals surface area contributed by atoms with E-state index in [1.54, 1.807) is 0 Å². The minimum atomic E-state index is 0.812. The van der Waals surface area contributed by atoms with Crippen molar-refractivity contribution in [3.63, 3.8) is 0 Å². The van der Waals surface area contributed by atoms with Crippen LogP contribution in [0, 0.1) is 5.92 Å². The molecule has 0 saturated carbocycles. The van der Waals surface area contributed by atoms with Gasteiger partial charge in [-0.05, 0) is 50.3 Å². The Balaban J connectivity index is 1.49. The molecule has 0 amide bonds. The van der Waals surface area contributed by atoms with Crippen LogP contribution in [0.15, 0.2) is 30.3 Å². The van der Waals surface area contributed by atoms with Gasteiger partial charge in [-0.3, -0.25) is 0 Å². The van der Waals surface area contributed by atoms with Crippen LogP contribution in [-0.2, 0) is 6.42 Å². The summed E-state index contributed by atoms with van der Waals surface area (Å²) in [6.45, 7) is 5.06. The smallest absolute Gasteiger partial charge is 0.0120 e. The molecule has 2 heteroatoms. The van der Waals surface area contributed by atoms with E-state index >= 15 is 0 Å². The van der Waals surface area contributed by atoms with Crippen LogP contribution in [0.4, 0.5) is 0 Å². The van der Waals surface area contributed by atoms with Crippen molar-refractivity contribution < 1.29 is 0 Å². The Kier molecular flexibility index (Phi) is 3.96. The van der Waals surface area contributed by atoms with Gasteiger partial charge in [-0.2, -0.15) is 0 Å². The number of nitrogens with zero attached hydrogens (tertiary/aromatic N) is 1. The first-order valence-electron chi connectivity index (χ1n) is 7.41. The first kappa shape index (κ1) is 12.2. The van der Waals surface area contributed by atoms with E-state index in [0.717, 1.165) is 12.0 Å². The van der Waals surface area contributed by atoms with Gasteiger partial charge in [0.2, 0.25) is 0 Å². The van der Waals surface area contributed by atoms with Gasteiger partial charge in [-0.25, -0.2) is 0 Å². The van der Waals surface area contributed by atoms with Gasteiger partial charge in [0.1, 0.15) is 0 Å². The quantitative estimate of drug-likeness (QED) is 0.877. The van der Waals surface area contributed by atoms with Gasteiger partial charge in [0.15, 0.2) is 0 Å². The monoisotopic (exact) mass is 244 g/mol. The topological polar surface area (TPSA) is 15.3 Å². The van der Waals surface area contributed by atoms with Gasteiger partial charge < -0.3 is 10.2 Å². The normalized spacial score (nSPS) is 28.9. The van der Waals surface area contributed by atoms with Gasteiger partial charge >= 0.3 is 0 Å². The van der Waals surface area contributed by atoms with E-state index in [0.29, 0.717) is 0 Å². The van der Waals surface area contributed by atoms with E-state index in [1.807, 2.05) is 0 Å². The van der Waals surface area contributed by atoms with E-state index < -0.39 is 0 Å². The molecule has 0 unspecified atom stereocenters. The first-order chi connectivity index (χ1) is 8.92. The van der Waals surface area contributed by atoms with Crippen molar-refractivity contribution in [1.29, 1.82) is 0 Å². The van der Waals surface area contributed by atoms with Crippen molar-refractivity contribution in [2.24, 2.45) is 5.92 Å². The molecule has 18 heavy (non-hydrogen) atoms. The van der Waals surface area contributed by atoms with E-state index in [4.69, 9.17) is 0 Å². The summed E-state index contributed by atoms with van der Waals surface area (Å²) in [5.41, 5.74) is 1.47. The van der Waals surface area contributed by atoms with Crippen molar-refractivity contribution in [3.8, 4) is 0 Å². The Labute approximate surface area is 110 Å². The van der Waals surface area contributed by atoms with Crippen LogP contribution in [0.1, 0.15) is 24.8 Å². The maximum absolute atomic E-state index is 3.69. The van der Waals surface area contributed by atoms with Crippen LogP contribution < -0.4 is 5.32 Å². The minimum Gasteiger partial charge on any atom is -0.314 e. The molecular weight excluding hydrogens is 220 g/mol.